The van der Waals surface area contributed by atoms with E-state index in [-0.39, 0.29) is 11.5 Å². The average Bonchev–Trinajstić information content (AvgIpc) is 1.98. The maximum Gasteiger partial charge on any atom is 0.261 e. The Labute approximate surface area is 60.3 Å². The lowest BCUT2D eigenvalue weighted by Crippen LogP contribution is -2.24. The van der Waals surface area contributed by atoms with Crippen molar-refractivity contribution in [3.63, 3.8) is 0 Å². The third-order valence-corrected chi connectivity index (χ3v) is 0.945. The van der Waals surface area contributed by atoms with E-state index in [1.807, 2.05) is 6.92 Å². The van der Waals surface area contributed by atoms with Gasteiger partial charge in [0.1, 0.15) is 11.6 Å². The van der Waals surface area contributed by atoms with Crippen LogP contribution in [-0.4, -0.2) is 12.5 Å². The minimum absolute atomic E-state index is 0.0338. The van der Waals surface area contributed by atoms with E-state index in [9.17, 15) is 4.79 Å². The van der Waals surface area contributed by atoms with Crippen LogP contribution in [0.3, 0.4) is 0 Å². The van der Waals surface area contributed by atoms with Gasteiger partial charge in [-0.2, -0.15) is 5.26 Å². The highest BCUT2D eigenvalue weighted by Crippen LogP contribution is 1.85. The van der Waals surface area contributed by atoms with Crippen LogP contribution < -0.4 is 5.32 Å². The number of hydrogen-bond donors (Lipinski definition) is 1. The molecule has 1 amide bonds. The first-order valence-corrected chi connectivity index (χ1v) is 3.09. The summed E-state index contributed by atoms with van der Waals surface area (Å²) in [5.74, 6) is -0.371. The minimum atomic E-state index is -0.371. The molecule has 0 unspecified atom stereocenters. The normalized spacial score (nSPS) is 8.00. The van der Waals surface area contributed by atoms with Crippen LogP contribution in [0.25, 0.3) is 0 Å². The van der Waals surface area contributed by atoms with E-state index < -0.39 is 0 Å². The fraction of sp³-hybridized carbons (Fsp3) is 0.429. The van der Waals surface area contributed by atoms with Crippen molar-refractivity contribution in [1.29, 1.82) is 5.26 Å². The Bertz CT molecular complexity index is 179. The van der Waals surface area contributed by atoms with Gasteiger partial charge in [0.15, 0.2) is 0 Å². The first-order chi connectivity index (χ1) is 4.72. The highest BCUT2D eigenvalue weighted by Gasteiger charge is 2.02. The summed E-state index contributed by atoms with van der Waals surface area (Å²) in [6.45, 7) is 5.79. The largest absolute Gasteiger partial charge is 0.351 e. The number of amides is 1. The van der Waals surface area contributed by atoms with Gasteiger partial charge in [0, 0.05) is 6.54 Å². The maximum absolute atomic E-state index is 10.7. The highest BCUT2D eigenvalue weighted by atomic mass is 16.1. The SMILES string of the molecule is C=C(C#N)C(=O)NCCC. The maximum atomic E-state index is 10.7. The van der Waals surface area contributed by atoms with Crippen molar-refractivity contribution in [3.8, 4) is 6.07 Å². The van der Waals surface area contributed by atoms with Gasteiger partial charge in [-0.15, -0.1) is 0 Å². The predicted octanol–water partition coefficient (Wildman–Crippen LogP) is 0.592. The zero-order valence-corrected chi connectivity index (χ0v) is 5.98. The molecule has 0 heterocycles. The Morgan fingerprint density at radius 1 is 1.80 bits per heavy atom. The lowest BCUT2D eigenvalue weighted by atomic mass is 10.3. The summed E-state index contributed by atoms with van der Waals surface area (Å²) < 4.78 is 0. The fourth-order valence-corrected chi connectivity index (χ4v) is 0.396. The topological polar surface area (TPSA) is 52.9 Å². The molecule has 0 aromatic carbocycles. The molecule has 0 bridgehead atoms. The second-order valence-electron chi connectivity index (χ2n) is 1.85. The number of carbonyl (C=O) groups excluding carboxylic acids is 1. The molecule has 0 aliphatic carbocycles. The summed E-state index contributed by atoms with van der Waals surface area (Å²) >= 11 is 0. The van der Waals surface area contributed by atoms with Gasteiger partial charge in [-0.25, -0.2) is 0 Å². The number of nitrogens with zero attached hydrogens (tertiary/aromatic N) is 1. The van der Waals surface area contributed by atoms with Gasteiger partial charge in [-0.05, 0) is 6.42 Å². The first kappa shape index (κ1) is 8.70. The zero-order valence-electron chi connectivity index (χ0n) is 5.98. The van der Waals surface area contributed by atoms with E-state index in [0.717, 1.165) is 6.42 Å². The van der Waals surface area contributed by atoms with Crippen LogP contribution in [0.1, 0.15) is 13.3 Å². The predicted molar refractivity (Wildman–Crippen MR) is 38.1 cm³/mol. The molecule has 0 rings (SSSR count). The van der Waals surface area contributed by atoms with Gasteiger partial charge >= 0.3 is 0 Å². The van der Waals surface area contributed by atoms with E-state index in [1.165, 1.54) is 0 Å². The summed E-state index contributed by atoms with van der Waals surface area (Å²) in [5, 5.41) is 10.7. The van der Waals surface area contributed by atoms with Crippen LogP contribution in [0, 0.1) is 11.3 Å². The molecular formula is C7H10N2O. The van der Waals surface area contributed by atoms with Crippen molar-refractivity contribution < 1.29 is 4.79 Å². The average molecular weight is 138 g/mol. The summed E-state index contributed by atoms with van der Waals surface area (Å²) in [4.78, 5) is 10.7. The third kappa shape index (κ3) is 2.88. The second-order valence-corrected chi connectivity index (χ2v) is 1.85. The van der Waals surface area contributed by atoms with Crippen LogP contribution >= 0.6 is 0 Å². The Hall–Kier alpha value is -1.30. The molecular weight excluding hydrogens is 128 g/mol. The summed E-state index contributed by atoms with van der Waals surface area (Å²) in [5.41, 5.74) is -0.0338. The first-order valence-electron chi connectivity index (χ1n) is 3.09. The monoisotopic (exact) mass is 138 g/mol. The van der Waals surface area contributed by atoms with Crippen molar-refractivity contribution in [2.45, 2.75) is 13.3 Å². The molecule has 0 saturated carbocycles. The Morgan fingerprint density at radius 3 is 2.80 bits per heavy atom. The van der Waals surface area contributed by atoms with Crippen LogP contribution in [0.4, 0.5) is 0 Å². The molecule has 1 N–H and O–H groups in total. The molecule has 0 aromatic rings. The standard InChI is InChI=1S/C7H10N2O/c1-3-4-9-7(10)6(2)5-8/h2-4H2,1H3,(H,9,10). The molecule has 10 heavy (non-hydrogen) atoms. The van der Waals surface area contributed by atoms with Crippen LogP contribution in [0.5, 0.6) is 0 Å². The third-order valence-electron chi connectivity index (χ3n) is 0.945. The number of hydrogen-bond acceptors (Lipinski definition) is 2. The van der Waals surface area contributed by atoms with E-state index in [0.29, 0.717) is 6.54 Å². The quantitative estimate of drug-likeness (QED) is 0.458. The Kier molecular flexibility index (Phi) is 3.97. The van der Waals surface area contributed by atoms with Crippen molar-refractivity contribution in [2.75, 3.05) is 6.54 Å². The van der Waals surface area contributed by atoms with Gasteiger partial charge in [0.25, 0.3) is 5.91 Å². The molecule has 0 aromatic heterocycles. The summed E-state index contributed by atoms with van der Waals surface area (Å²) in [6.07, 6.45) is 0.866. The number of rotatable bonds is 3. The van der Waals surface area contributed by atoms with E-state index >= 15 is 0 Å². The second kappa shape index (κ2) is 4.57. The Morgan fingerprint density at radius 2 is 2.40 bits per heavy atom. The molecule has 0 atom stereocenters. The van der Waals surface area contributed by atoms with Gasteiger partial charge in [-0.1, -0.05) is 13.5 Å². The van der Waals surface area contributed by atoms with Gasteiger partial charge < -0.3 is 5.32 Å². The van der Waals surface area contributed by atoms with E-state index in [1.54, 1.807) is 6.07 Å². The van der Waals surface area contributed by atoms with Crippen LogP contribution in [0.15, 0.2) is 12.2 Å². The molecule has 0 aliphatic rings. The lowest BCUT2D eigenvalue weighted by Gasteiger charge is -1.98. The summed E-state index contributed by atoms with van der Waals surface area (Å²) in [7, 11) is 0. The van der Waals surface area contributed by atoms with Gasteiger partial charge in [0.2, 0.25) is 0 Å². The van der Waals surface area contributed by atoms with Crippen molar-refractivity contribution >= 4 is 5.91 Å². The number of nitriles is 1. The van der Waals surface area contributed by atoms with E-state index in [2.05, 4.69) is 11.9 Å². The molecule has 3 heteroatoms. The highest BCUT2D eigenvalue weighted by molar-refractivity contribution is 5.96. The van der Waals surface area contributed by atoms with Gasteiger partial charge in [-0.3, -0.25) is 4.79 Å². The molecule has 54 valence electrons. The lowest BCUT2D eigenvalue weighted by molar-refractivity contribution is -0.117. The molecule has 0 fully saturated rings. The van der Waals surface area contributed by atoms with E-state index in [4.69, 9.17) is 5.26 Å². The van der Waals surface area contributed by atoms with Crippen LogP contribution in [0.2, 0.25) is 0 Å². The van der Waals surface area contributed by atoms with Crippen molar-refractivity contribution in [1.82, 2.24) is 5.32 Å². The molecule has 3 nitrogen and oxygen atoms in total. The molecule has 0 spiro atoms. The minimum Gasteiger partial charge on any atom is -0.351 e. The molecule has 0 radical (unpaired) electrons. The van der Waals surface area contributed by atoms with Crippen molar-refractivity contribution in [2.24, 2.45) is 0 Å². The van der Waals surface area contributed by atoms with Crippen LogP contribution in [-0.2, 0) is 4.79 Å². The fourth-order valence-electron chi connectivity index (χ4n) is 0.396. The zero-order chi connectivity index (χ0) is 7.98. The van der Waals surface area contributed by atoms with Gasteiger partial charge in [0.05, 0.1) is 0 Å². The molecule has 0 aliphatic heterocycles. The molecule has 0 saturated heterocycles. The number of nitrogens with one attached hydrogen (secondary N) is 1. The Balaban J connectivity index is 3.66. The van der Waals surface area contributed by atoms with Crippen molar-refractivity contribution in [3.05, 3.63) is 12.2 Å². The number of carbonyl (C=O) groups is 1. The smallest absolute Gasteiger partial charge is 0.261 e. The summed E-state index contributed by atoms with van der Waals surface area (Å²) in [6, 6.07) is 1.67.